The van der Waals surface area contributed by atoms with Crippen molar-refractivity contribution in [2.45, 2.75) is 6.54 Å². The number of benzene rings is 1. The SMILES string of the molecule is COc1cc(NCc2ncon2)cc([N+](=O)[O-])c1. The summed E-state index contributed by atoms with van der Waals surface area (Å²) in [7, 11) is 1.45. The van der Waals surface area contributed by atoms with E-state index in [1.807, 2.05) is 0 Å². The van der Waals surface area contributed by atoms with Crippen LogP contribution in [-0.2, 0) is 6.54 Å². The van der Waals surface area contributed by atoms with Crippen LogP contribution in [0, 0.1) is 10.1 Å². The maximum atomic E-state index is 10.7. The summed E-state index contributed by atoms with van der Waals surface area (Å²) in [6.07, 6.45) is 1.21. The zero-order valence-corrected chi connectivity index (χ0v) is 9.49. The zero-order valence-electron chi connectivity index (χ0n) is 9.49. The molecule has 94 valence electrons. The molecule has 0 atom stereocenters. The number of nitro groups is 1. The molecule has 0 saturated carbocycles. The molecule has 0 radical (unpaired) electrons. The van der Waals surface area contributed by atoms with Gasteiger partial charge in [0.05, 0.1) is 24.6 Å². The van der Waals surface area contributed by atoms with E-state index in [9.17, 15) is 10.1 Å². The first-order chi connectivity index (χ1) is 8.69. The van der Waals surface area contributed by atoms with Crippen molar-refractivity contribution < 1.29 is 14.2 Å². The topological polar surface area (TPSA) is 103 Å². The molecule has 0 saturated heterocycles. The van der Waals surface area contributed by atoms with Crippen molar-refractivity contribution in [2.24, 2.45) is 0 Å². The molecule has 0 fully saturated rings. The molecule has 0 aliphatic heterocycles. The van der Waals surface area contributed by atoms with Crippen molar-refractivity contribution in [1.29, 1.82) is 0 Å². The minimum atomic E-state index is -0.484. The van der Waals surface area contributed by atoms with Crippen molar-refractivity contribution in [1.82, 2.24) is 10.1 Å². The molecule has 2 aromatic rings. The Morgan fingerprint density at radius 3 is 2.94 bits per heavy atom. The number of anilines is 1. The quantitative estimate of drug-likeness (QED) is 0.634. The number of aromatic nitrogens is 2. The zero-order chi connectivity index (χ0) is 13.0. The lowest BCUT2D eigenvalue weighted by molar-refractivity contribution is -0.384. The molecule has 0 aliphatic carbocycles. The number of ether oxygens (including phenoxy) is 1. The molecular weight excluding hydrogens is 240 g/mol. The molecule has 1 aromatic carbocycles. The first kappa shape index (κ1) is 11.8. The summed E-state index contributed by atoms with van der Waals surface area (Å²) < 4.78 is 9.56. The van der Waals surface area contributed by atoms with Crippen LogP contribution in [0.4, 0.5) is 11.4 Å². The van der Waals surface area contributed by atoms with Crippen LogP contribution in [0.15, 0.2) is 29.1 Å². The summed E-state index contributed by atoms with van der Waals surface area (Å²) in [6.45, 7) is 0.306. The number of nitrogens with one attached hydrogen (secondary N) is 1. The molecule has 8 heteroatoms. The maximum Gasteiger partial charge on any atom is 0.275 e. The van der Waals surface area contributed by atoms with Crippen molar-refractivity contribution in [3.05, 3.63) is 40.5 Å². The van der Waals surface area contributed by atoms with Crippen LogP contribution in [0.5, 0.6) is 5.75 Å². The van der Waals surface area contributed by atoms with E-state index in [1.165, 1.54) is 25.6 Å². The molecule has 0 aliphatic rings. The predicted molar refractivity (Wildman–Crippen MR) is 61.3 cm³/mol. The first-order valence-corrected chi connectivity index (χ1v) is 5.01. The lowest BCUT2D eigenvalue weighted by atomic mass is 10.2. The summed E-state index contributed by atoms with van der Waals surface area (Å²) in [5, 5.41) is 17.3. The molecule has 1 heterocycles. The van der Waals surface area contributed by atoms with Crippen LogP contribution >= 0.6 is 0 Å². The number of nitrogens with zero attached hydrogens (tertiary/aromatic N) is 3. The number of nitro benzene ring substituents is 1. The highest BCUT2D eigenvalue weighted by Crippen LogP contribution is 2.25. The summed E-state index contributed by atoms with van der Waals surface area (Å²) >= 11 is 0. The first-order valence-electron chi connectivity index (χ1n) is 5.01. The Labute approximate surface area is 102 Å². The molecule has 8 nitrogen and oxygen atoms in total. The van der Waals surface area contributed by atoms with Gasteiger partial charge in [-0.2, -0.15) is 4.98 Å². The number of non-ortho nitro benzene ring substituents is 1. The van der Waals surface area contributed by atoms with Gasteiger partial charge in [-0.3, -0.25) is 10.1 Å². The summed E-state index contributed by atoms with van der Waals surface area (Å²) in [5.41, 5.74) is 0.496. The van der Waals surface area contributed by atoms with Gasteiger partial charge in [-0.05, 0) is 0 Å². The molecule has 2 rings (SSSR count). The normalized spacial score (nSPS) is 10.1. The Morgan fingerprint density at radius 1 is 1.50 bits per heavy atom. The standard InChI is InChI=1S/C10H10N4O4/c1-17-9-3-7(2-8(4-9)14(15)16)11-5-10-12-6-18-13-10/h2-4,6,11H,5H2,1H3. The molecule has 1 aromatic heterocycles. The van der Waals surface area contributed by atoms with Gasteiger partial charge >= 0.3 is 0 Å². The average Bonchev–Trinajstić information content (AvgIpc) is 2.89. The van der Waals surface area contributed by atoms with Crippen LogP contribution in [0.1, 0.15) is 5.82 Å². The average molecular weight is 250 g/mol. The second-order valence-corrected chi connectivity index (χ2v) is 3.38. The van der Waals surface area contributed by atoms with Crippen molar-refractivity contribution in [3.63, 3.8) is 0 Å². The monoisotopic (exact) mass is 250 g/mol. The highest BCUT2D eigenvalue weighted by atomic mass is 16.6. The second-order valence-electron chi connectivity index (χ2n) is 3.38. The minimum absolute atomic E-state index is 0.0510. The molecule has 0 spiro atoms. The Balaban J connectivity index is 2.16. The number of hydrogen-bond acceptors (Lipinski definition) is 7. The molecule has 0 bridgehead atoms. The summed E-state index contributed by atoms with van der Waals surface area (Å²) in [6, 6.07) is 4.40. The second kappa shape index (κ2) is 5.13. The van der Waals surface area contributed by atoms with Gasteiger partial charge in [0.25, 0.3) is 5.69 Å². The van der Waals surface area contributed by atoms with Gasteiger partial charge in [-0.25, -0.2) is 0 Å². The van der Waals surface area contributed by atoms with Gasteiger partial charge in [-0.15, -0.1) is 0 Å². The van der Waals surface area contributed by atoms with E-state index < -0.39 is 4.92 Å². The van der Waals surface area contributed by atoms with Gasteiger partial charge in [0.1, 0.15) is 5.75 Å². The van der Waals surface area contributed by atoms with Crippen LogP contribution in [-0.4, -0.2) is 22.2 Å². The fourth-order valence-corrected chi connectivity index (χ4v) is 1.36. The van der Waals surface area contributed by atoms with E-state index in [0.29, 0.717) is 23.8 Å². The van der Waals surface area contributed by atoms with Gasteiger partial charge in [0.15, 0.2) is 5.82 Å². The predicted octanol–water partition coefficient (Wildman–Crippen LogP) is 1.60. The largest absolute Gasteiger partial charge is 0.496 e. The van der Waals surface area contributed by atoms with E-state index in [-0.39, 0.29) is 5.69 Å². The third-order valence-electron chi connectivity index (χ3n) is 2.20. The third-order valence-corrected chi connectivity index (χ3v) is 2.20. The molecule has 1 N–H and O–H groups in total. The van der Waals surface area contributed by atoms with E-state index in [1.54, 1.807) is 6.07 Å². The van der Waals surface area contributed by atoms with E-state index in [2.05, 4.69) is 20.0 Å². The molecule has 0 unspecified atom stereocenters. The van der Waals surface area contributed by atoms with Gasteiger partial charge < -0.3 is 14.6 Å². The number of hydrogen-bond donors (Lipinski definition) is 1. The highest BCUT2D eigenvalue weighted by molar-refractivity contribution is 5.56. The van der Waals surface area contributed by atoms with Gasteiger partial charge in [0.2, 0.25) is 6.39 Å². The van der Waals surface area contributed by atoms with Crippen LogP contribution in [0.25, 0.3) is 0 Å². The van der Waals surface area contributed by atoms with Gasteiger partial charge in [0, 0.05) is 17.8 Å². The maximum absolute atomic E-state index is 10.7. The van der Waals surface area contributed by atoms with E-state index in [4.69, 9.17) is 4.74 Å². The molecule has 0 amide bonds. The Kier molecular flexibility index (Phi) is 3.37. The number of methoxy groups -OCH3 is 1. The Bertz CT molecular complexity index is 541. The van der Waals surface area contributed by atoms with Crippen LogP contribution in [0.3, 0.4) is 0 Å². The number of rotatable bonds is 5. The summed E-state index contributed by atoms with van der Waals surface area (Å²) in [5.74, 6) is 0.861. The van der Waals surface area contributed by atoms with Crippen molar-refractivity contribution in [3.8, 4) is 5.75 Å². The smallest absolute Gasteiger partial charge is 0.275 e. The van der Waals surface area contributed by atoms with Crippen LogP contribution < -0.4 is 10.1 Å². The third kappa shape index (κ3) is 2.73. The lowest BCUT2D eigenvalue weighted by Crippen LogP contribution is -2.02. The van der Waals surface area contributed by atoms with Gasteiger partial charge in [-0.1, -0.05) is 5.16 Å². The molecular formula is C10H10N4O4. The molecule has 18 heavy (non-hydrogen) atoms. The fraction of sp³-hybridized carbons (Fsp3) is 0.200. The highest BCUT2D eigenvalue weighted by Gasteiger charge is 2.10. The van der Waals surface area contributed by atoms with E-state index >= 15 is 0 Å². The summed E-state index contributed by atoms with van der Waals surface area (Å²) in [4.78, 5) is 14.1. The fourth-order valence-electron chi connectivity index (χ4n) is 1.36. The van der Waals surface area contributed by atoms with Crippen LogP contribution in [0.2, 0.25) is 0 Å². The van der Waals surface area contributed by atoms with E-state index in [0.717, 1.165) is 0 Å². The minimum Gasteiger partial charge on any atom is -0.496 e. The lowest BCUT2D eigenvalue weighted by Gasteiger charge is -2.06. The van der Waals surface area contributed by atoms with Crippen molar-refractivity contribution in [2.75, 3.05) is 12.4 Å². The van der Waals surface area contributed by atoms with Crippen molar-refractivity contribution >= 4 is 11.4 Å². The Morgan fingerprint density at radius 2 is 2.33 bits per heavy atom. The Hall–Kier alpha value is -2.64.